The zero-order valence-electron chi connectivity index (χ0n) is 21.4. The fourth-order valence-corrected chi connectivity index (χ4v) is 4.21. The molecule has 1 aliphatic rings. The van der Waals surface area contributed by atoms with E-state index in [4.69, 9.17) is 5.73 Å². The molecule has 0 amide bonds. The third-order valence-electron chi connectivity index (χ3n) is 6.53. The fourth-order valence-electron chi connectivity index (χ4n) is 4.21. The van der Waals surface area contributed by atoms with E-state index >= 15 is 0 Å². The third kappa shape index (κ3) is 10.4. The van der Waals surface area contributed by atoms with Crippen LogP contribution in [0.1, 0.15) is 79.1 Å². The van der Waals surface area contributed by atoms with Crippen molar-refractivity contribution < 1.29 is 0 Å². The minimum Gasteiger partial charge on any atom is -0.385 e. The van der Waals surface area contributed by atoms with Gasteiger partial charge in [0, 0.05) is 13.6 Å². The SMILES string of the molecule is C=C\C=C/C=C(/C=C/C)CCC1=CCC1C(C)C/C(=C\C=C(/N)N(C)CC)CCCCC. The van der Waals surface area contributed by atoms with E-state index in [0.717, 1.165) is 31.1 Å². The first-order valence-electron chi connectivity index (χ1n) is 12.6. The van der Waals surface area contributed by atoms with E-state index < -0.39 is 0 Å². The van der Waals surface area contributed by atoms with Crippen molar-refractivity contribution in [2.45, 2.75) is 79.1 Å². The first kappa shape index (κ1) is 27.8. The van der Waals surface area contributed by atoms with Gasteiger partial charge in [0.2, 0.25) is 0 Å². The Morgan fingerprint density at radius 1 is 1.19 bits per heavy atom. The smallest absolute Gasteiger partial charge is 0.0983 e. The second-order valence-corrected chi connectivity index (χ2v) is 9.05. The lowest BCUT2D eigenvalue weighted by atomic mass is 9.72. The molecule has 2 N–H and O–H groups in total. The summed E-state index contributed by atoms with van der Waals surface area (Å²) in [6.45, 7) is 13.6. The molecule has 0 radical (unpaired) electrons. The van der Waals surface area contributed by atoms with Gasteiger partial charge in [0.15, 0.2) is 0 Å². The Morgan fingerprint density at radius 2 is 1.97 bits per heavy atom. The molecule has 0 saturated heterocycles. The first-order valence-corrected chi connectivity index (χ1v) is 12.6. The zero-order chi connectivity index (χ0) is 23.8. The minimum absolute atomic E-state index is 0.677. The lowest BCUT2D eigenvalue weighted by Crippen LogP contribution is -2.23. The van der Waals surface area contributed by atoms with Gasteiger partial charge in [-0.3, -0.25) is 0 Å². The number of hydrogen-bond donors (Lipinski definition) is 1. The first-order chi connectivity index (χ1) is 15.5. The van der Waals surface area contributed by atoms with Crippen LogP contribution in [-0.2, 0) is 0 Å². The van der Waals surface area contributed by atoms with Gasteiger partial charge in [0.05, 0.1) is 5.82 Å². The van der Waals surface area contributed by atoms with Crippen LogP contribution >= 0.6 is 0 Å². The molecule has 2 heteroatoms. The summed E-state index contributed by atoms with van der Waals surface area (Å²) in [7, 11) is 2.05. The molecule has 0 aromatic rings. The molecule has 0 saturated carbocycles. The Kier molecular flexibility index (Phi) is 14.3. The van der Waals surface area contributed by atoms with Crippen LogP contribution in [0.4, 0.5) is 0 Å². The summed E-state index contributed by atoms with van der Waals surface area (Å²) in [6.07, 6.45) is 29.0. The predicted molar refractivity (Wildman–Crippen MR) is 144 cm³/mol. The van der Waals surface area contributed by atoms with E-state index in [9.17, 15) is 0 Å². The number of nitrogens with zero attached hydrogens (tertiary/aromatic N) is 1. The average Bonchev–Trinajstić information content (AvgIpc) is 2.76. The van der Waals surface area contributed by atoms with Crippen LogP contribution in [0.3, 0.4) is 0 Å². The summed E-state index contributed by atoms with van der Waals surface area (Å²) in [4.78, 5) is 2.09. The fraction of sp³-hybridized carbons (Fsp3) is 0.533. The Bertz CT molecular complexity index is 730. The maximum Gasteiger partial charge on any atom is 0.0983 e. The van der Waals surface area contributed by atoms with Gasteiger partial charge in [-0.05, 0) is 75.9 Å². The molecule has 0 spiro atoms. The van der Waals surface area contributed by atoms with Gasteiger partial charge < -0.3 is 10.6 Å². The Hall–Kier alpha value is -2.22. The van der Waals surface area contributed by atoms with Crippen molar-refractivity contribution in [3.05, 3.63) is 83.8 Å². The third-order valence-corrected chi connectivity index (χ3v) is 6.53. The highest BCUT2D eigenvalue weighted by Gasteiger charge is 2.27. The summed E-state index contributed by atoms with van der Waals surface area (Å²) in [5, 5.41) is 0. The summed E-state index contributed by atoms with van der Waals surface area (Å²) in [6, 6.07) is 0. The topological polar surface area (TPSA) is 29.3 Å². The van der Waals surface area contributed by atoms with Crippen LogP contribution in [0.25, 0.3) is 0 Å². The van der Waals surface area contributed by atoms with Gasteiger partial charge in [0.25, 0.3) is 0 Å². The largest absolute Gasteiger partial charge is 0.385 e. The van der Waals surface area contributed by atoms with Crippen LogP contribution in [0, 0.1) is 11.8 Å². The lowest BCUT2D eigenvalue weighted by molar-refractivity contribution is 0.363. The van der Waals surface area contributed by atoms with Crippen LogP contribution in [-0.4, -0.2) is 18.5 Å². The molecule has 0 bridgehead atoms. The van der Waals surface area contributed by atoms with Crippen molar-refractivity contribution in [2.24, 2.45) is 17.6 Å². The van der Waals surface area contributed by atoms with E-state index in [1.54, 1.807) is 11.1 Å². The number of allylic oxidation sites excluding steroid dienone is 12. The van der Waals surface area contributed by atoms with Crippen molar-refractivity contribution in [2.75, 3.05) is 13.6 Å². The summed E-state index contributed by atoms with van der Waals surface area (Å²) in [5.74, 6) is 2.25. The van der Waals surface area contributed by atoms with Crippen LogP contribution in [0.5, 0.6) is 0 Å². The van der Waals surface area contributed by atoms with Crippen LogP contribution < -0.4 is 5.73 Å². The van der Waals surface area contributed by atoms with Gasteiger partial charge in [0.1, 0.15) is 0 Å². The van der Waals surface area contributed by atoms with Crippen molar-refractivity contribution in [1.29, 1.82) is 0 Å². The molecular formula is C30H48N2. The maximum absolute atomic E-state index is 6.23. The molecule has 1 rings (SSSR count). The predicted octanol–water partition coefficient (Wildman–Crippen LogP) is 8.24. The quantitative estimate of drug-likeness (QED) is 0.150. The second kappa shape index (κ2) is 16.4. The van der Waals surface area contributed by atoms with Crippen molar-refractivity contribution in [1.82, 2.24) is 4.90 Å². The van der Waals surface area contributed by atoms with Crippen molar-refractivity contribution >= 4 is 0 Å². The number of rotatable bonds is 16. The lowest BCUT2D eigenvalue weighted by Gasteiger charge is -2.33. The molecule has 2 nitrogen and oxygen atoms in total. The number of unbranched alkanes of at least 4 members (excludes halogenated alkanes) is 2. The Morgan fingerprint density at radius 3 is 2.56 bits per heavy atom. The molecule has 0 aliphatic heterocycles. The minimum atomic E-state index is 0.677. The van der Waals surface area contributed by atoms with Gasteiger partial charge in [-0.25, -0.2) is 0 Å². The van der Waals surface area contributed by atoms with E-state index in [1.165, 1.54) is 44.1 Å². The normalized spacial score (nSPS) is 18.7. The molecule has 0 aromatic heterocycles. The molecule has 0 fully saturated rings. The molecule has 0 heterocycles. The van der Waals surface area contributed by atoms with Crippen molar-refractivity contribution in [3.8, 4) is 0 Å². The molecule has 0 aromatic carbocycles. The average molecular weight is 437 g/mol. The molecule has 178 valence electrons. The monoisotopic (exact) mass is 436 g/mol. The van der Waals surface area contributed by atoms with Gasteiger partial charge in [-0.15, -0.1) is 0 Å². The highest BCUT2D eigenvalue weighted by atomic mass is 15.2. The number of hydrogen-bond acceptors (Lipinski definition) is 2. The molecule has 2 unspecified atom stereocenters. The Labute approximate surface area is 199 Å². The van der Waals surface area contributed by atoms with Gasteiger partial charge in [-0.2, -0.15) is 0 Å². The maximum atomic E-state index is 6.23. The van der Waals surface area contributed by atoms with Crippen LogP contribution in [0.15, 0.2) is 83.8 Å². The van der Waals surface area contributed by atoms with E-state index in [1.807, 2.05) is 19.2 Å². The summed E-state index contributed by atoms with van der Waals surface area (Å²) < 4.78 is 0. The second-order valence-electron chi connectivity index (χ2n) is 9.05. The summed E-state index contributed by atoms with van der Waals surface area (Å²) in [5.41, 5.74) is 10.8. The standard InChI is InChI=1S/C30H48N2/c1-7-11-13-16-26(15-9-3)18-20-28-21-22-29(28)25(5)24-27(17-14-12-8-2)19-23-30(31)32(6)10-4/h7,9,11,13,15-16,19,21,23,25,29H,1,8,10,12,14,17-18,20,22,24,31H2,2-6H3/b13-11-,15-9+,26-16-,27-19-,30-23+. The van der Waals surface area contributed by atoms with Gasteiger partial charge >= 0.3 is 0 Å². The molecule has 2 atom stereocenters. The summed E-state index contributed by atoms with van der Waals surface area (Å²) >= 11 is 0. The van der Waals surface area contributed by atoms with E-state index in [2.05, 4.69) is 81.7 Å². The highest BCUT2D eigenvalue weighted by Crippen LogP contribution is 2.40. The van der Waals surface area contributed by atoms with E-state index in [0.29, 0.717) is 5.92 Å². The molecule has 32 heavy (non-hydrogen) atoms. The number of nitrogens with two attached hydrogens (primary N) is 1. The molecule has 1 aliphatic carbocycles. The highest BCUT2D eigenvalue weighted by molar-refractivity contribution is 5.28. The van der Waals surface area contributed by atoms with E-state index in [-0.39, 0.29) is 0 Å². The Balaban J connectivity index is 2.76. The van der Waals surface area contributed by atoms with Crippen molar-refractivity contribution in [3.63, 3.8) is 0 Å². The zero-order valence-corrected chi connectivity index (χ0v) is 21.4. The molecular weight excluding hydrogens is 388 g/mol. The van der Waals surface area contributed by atoms with Gasteiger partial charge in [-0.1, -0.05) is 93.0 Å². The van der Waals surface area contributed by atoms with Crippen LogP contribution in [0.2, 0.25) is 0 Å².